The number of aromatic nitrogens is 5. The second kappa shape index (κ2) is 7.09. The number of hydrogen-bond donors (Lipinski definition) is 2. The van der Waals surface area contributed by atoms with Crippen LogP contribution in [-0.2, 0) is 0 Å². The molecule has 0 amide bonds. The van der Waals surface area contributed by atoms with E-state index in [0.29, 0.717) is 23.1 Å². The normalized spacial score (nSPS) is 12.2. The van der Waals surface area contributed by atoms with E-state index in [1.54, 1.807) is 30.3 Å². The molecule has 0 saturated carbocycles. The quantitative estimate of drug-likeness (QED) is 0.803. The van der Waals surface area contributed by atoms with Gasteiger partial charge in [-0.05, 0) is 12.7 Å². The first-order valence-corrected chi connectivity index (χ1v) is 7.70. The third-order valence-corrected chi connectivity index (χ3v) is 3.86. The Morgan fingerprint density at radius 3 is 2.75 bits per heavy atom. The summed E-state index contributed by atoms with van der Waals surface area (Å²) < 4.78 is 1.75. The molecule has 0 aliphatic carbocycles. The van der Waals surface area contributed by atoms with Gasteiger partial charge in [0.05, 0.1) is 0 Å². The van der Waals surface area contributed by atoms with E-state index in [2.05, 4.69) is 43.7 Å². The molecule has 2 rings (SSSR count). The molecule has 1 unspecified atom stereocenters. The van der Waals surface area contributed by atoms with Crippen LogP contribution in [0, 0.1) is 0 Å². The molecule has 0 bridgehead atoms. The number of anilines is 2. The molecule has 0 saturated heterocycles. The van der Waals surface area contributed by atoms with Gasteiger partial charge in [0.25, 0.3) is 0 Å². The Kier molecular flexibility index (Phi) is 5.16. The van der Waals surface area contributed by atoms with Gasteiger partial charge in [-0.1, -0.05) is 6.92 Å². The van der Waals surface area contributed by atoms with Gasteiger partial charge in [0.15, 0.2) is 0 Å². The van der Waals surface area contributed by atoms with Gasteiger partial charge in [-0.2, -0.15) is 26.7 Å². The van der Waals surface area contributed by atoms with Crippen LogP contribution in [0.1, 0.15) is 13.3 Å². The van der Waals surface area contributed by atoms with Crippen LogP contribution in [0.3, 0.4) is 0 Å². The summed E-state index contributed by atoms with van der Waals surface area (Å²) in [6, 6.07) is 0. The number of nitrogens with zero attached hydrogens (tertiary/aromatic N) is 5. The Balaban J connectivity index is 2.10. The van der Waals surface area contributed by atoms with Crippen LogP contribution in [0.4, 0.5) is 11.9 Å². The summed E-state index contributed by atoms with van der Waals surface area (Å²) in [4.78, 5) is 17.0. The van der Waals surface area contributed by atoms with Crippen LogP contribution in [0.15, 0.2) is 18.7 Å². The highest BCUT2D eigenvalue weighted by molar-refractivity contribution is 7.99. The Morgan fingerprint density at radius 2 is 2.10 bits per heavy atom. The van der Waals surface area contributed by atoms with Crippen molar-refractivity contribution in [2.45, 2.75) is 18.6 Å². The van der Waals surface area contributed by atoms with Crippen molar-refractivity contribution in [3.05, 3.63) is 18.7 Å². The molecule has 2 aromatic rings. The van der Waals surface area contributed by atoms with Crippen LogP contribution in [-0.4, -0.2) is 49.6 Å². The average molecular weight is 293 g/mol. The van der Waals surface area contributed by atoms with E-state index in [1.807, 2.05) is 11.8 Å². The number of rotatable bonds is 7. The van der Waals surface area contributed by atoms with Gasteiger partial charge in [0.2, 0.25) is 17.8 Å². The monoisotopic (exact) mass is 293 g/mol. The summed E-state index contributed by atoms with van der Waals surface area (Å²) in [7, 11) is 1.78. The second-order valence-corrected chi connectivity index (χ2v) is 5.54. The van der Waals surface area contributed by atoms with Crippen molar-refractivity contribution >= 4 is 23.7 Å². The second-order valence-electron chi connectivity index (χ2n) is 4.26. The minimum atomic E-state index is 0.532. The van der Waals surface area contributed by atoms with Gasteiger partial charge in [-0.3, -0.25) is 4.57 Å². The first kappa shape index (κ1) is 14.6. The van der Waals surface area contributed by atoms with Gasteiger partial charge in [0.1, 0.15) is 6.33 Å². The van der Waals surface area contributed by atoms with Crippen molar-refractivity contribution in [3.63, 3.8) is 0 Å². The van der Waals surface area contributed by atoms with E-state index in [0.717, 1.165) is 13.0 Å². The standard InChI is InChI=1S/C12H19N7S/c1-9(20-3)4-5-15-11-16-10(13-2)17-12(18-11)19-7-6-14-8-19/h6-9H,4-5H2,1-3H3,(H2,13,15,16,17,18). The molecule has 0 spiro atoms. The summed E-state index contributed by atoms with van der Waals surface area (Å²) in [5, 5.41) is 6.79. The van der Waals surface area contributed by atoms with Crippen LogP contribution < -0.4 is 10.6 Å². The highest BCUT2D eigenvalue weighted by Crippen LogP contribution is 2.11. The predicted octanol–water partition coefficient (Wildman–Crippen LogP) is 1.65. The Labute approximate surface area is 122 Å². The van der Waals surface area contributed by atoms with Crippen LogP contribution in [0.2, 0.25) is 0 Å². The lowest BCUT2D eigenvalue weighted by Gasteiger charge is -2.10. The first-order chi connectivity index (χ1) is 9.72. The van der Waals surface area contributed by atoms with E-state index in [9.17, 15) is 0 Å². The summed E-state index contributed by atoms with van der Waals surface area (Å²) in [5.41, 5.74) is 0. The lowest BCUT2D eigenvalue weighted by molar-refractivity contribution is 0.833. The predicted molar refractivity (Wildman–Crippen MR) is 82.6 cm³/mol. The molecule has 2 heterocycles. The fourth-order valence-electron chi connectivity index (χ4n) is 1.55. The molecule has 1 atom stereocenters. The number of nitrogens with one attached hydrogen (secondary N) is 2. The van der Waals surface area contributed by atoms with Crippen molar-refractivity contribution in [2.75, 3.05) is 30.5 Å². The third-order valence-electron chi connectivity index (χ3n) is 2.82. The van der Waals surface area contributed by atoms with Crippen molar-refractivity contribution in [1.82, 2.24) is 24.5 Å². The van der Waals surface area contributed by atoms with E-state index in [1.165, 1.54) is 0 Å². The fraction of sp³-hybridized carbons (Fsp3) is 0.500. The first-order valence-electron chi connectivity index (χ1n) is 6.41. The van der Waals surface area contributed by atoms with Gasteiger partial charge in [-0.15, -0.1) is 0 Å². The molecule has 0 aliphatic heterocycles. The topological polar surface area (TPSA) is 80.5 Å². The van der Waals surface area contributed by atoms with Crippen LogP contribution >= 0.6 is 11.8 Å². The zero-order valence-corrected chi connectivity index (χ0v) is 12.7. The Morgan fingerprint density at radius 1 is 1.30 bits per heavy atom. The van der Waals surface area contributed by atoms with Gasteiger partial charge in [-0.25, -0.2) is 4.98 Å². The maximum absolute atomic E-state index is 4.39. The Hall–Kier alpha value is -1.83. The number of hydrogen-bond acceptors (Lipinski definition) is 7. The van der Waals surface area contributed by atoms with Crippen molar-refractivity contribution in [1.29, 1.82) is 0 Å². The molecule has 7 nitrogen and oxygen atoms in total. The zero-order chi connectivity index (χ0) is 14.4. The molecule has 0 aliphatic rings. The molecule has 8 heteroatoms. The molecule has 2 N–H and O–H groups in total. The van der Waals surface area contributed by atoms with Crippen molar-refractivity contribution in [3.8, 4) is 5.95 Å². The summed E-state index contributed by atoms with van der Waals surface area (Å²) in [6.45, 7) is 3.04. The maximum atomic E-state index is 4.39. The van der Waals surface area contributed by atoms with Crippen LogP contribution in [0.5, 0.6) is 0 Å². The molecule has 2 aromatic heterocycles. The molecular formula is C12H19N7S. The number of imidazole rings is 1. The van der Waals surface area contributed by atoms with E-state index in [-0.39, 0.29) is 0 Å². The smallest absolute Gasteiger partial charge is 0.241 e. The minimum absolute atomic E-state index is 0.532. The largest absolute Gasteiger partial charge is 0.357 e. The molecule has 0 aromatic carbocycles. The van der Waals surface area contributed by atoms with E-state index in [4.69, 9.17) is 0 Å². The van der Waals surface area contributed by atoms with Gasteiger partial charge < -0.3 is 10.6 Å². The van der Waals surface area contributed by atoms with Crippen LogP contribution in [0.25, 0.3) is 5.95 Å². The van der Waals surface area contributed by atoms with Crippen molar-refractivity contribution < 1.29 is 0 Å². The highest BCUT2D eigenvalue weighted by atomic mass is 32.2. The summed E-state index contributed by atoms with van der Waals surface area (Å²) >= 11 is 1.85. The molecule has 0 radical (unpaired) electrons. The SMILES string of the molecule is CNc1nc(NCCC(C)SC)nc(-n2ccnc2)n1. The lowest BCUT2D eigenvalue weighted by atomic mass is 10.3. The zero-order valence-electron chi connectivity index (χ0n) is 11.9. The molecule has 20 heavy (non-hydrogen) atoms. The van der Waals surface area contributed by atoms with Gasteiger partial charge in [0, 0.05) is 31.2 Å². The Bertz CT molecular complexity index is 529. The van der Waals surface area contributed by atoms with Gasteiger partial charge >= 0.3 is 0 Å². The molecule has 108 valence electrons. The summed E-state index contributed by atoms with van der Waals surface area (Å²) in [6.07, 6.45) is 8.32. The lowest BCUT2D eigenvalue weighted by Crippen LogP contribution is -2.13. The maximum Gasteiger partial charge on any atom is 0.241 e. The molecule has 0 fully saturated rings. The fourth-order valence-corrected chi connectivity index (χ4v) is 1.91. The van der Waals surface area contributed by atoms with E-state index >= 15 is 0 Å². The third kappa shape index (κ3) is 3.83. The summed E-state index contributed by atoms with van der Waals surface area (Å²) in [5.74, 6) is 1.65. The minimum Gasteiger partial charge on any atom is -0.357 e. The molecular weight excluding hydrogens is 274 g/mol. The average Bonchev–Trinajstić information content (AvgIpc) is 3.01. The van der Waals surface area contributed by atoms with Crippen molar-refractivity contribution in [2.24, 2.45) is 0 Å². The number of thioether (sulfide) groups is 1. The van der Waals surface area contributed by atoms with E-state index < -0.39 is 0 Å². The highest BCUT2D eigenvalue weighted by Gasteiger charge is 2.07.